The molecule has 0 amide bonds. The van der Waals surface area contributed by atoms with Gasteiger partial charge in [-0.15, -0.1) is 0 Å². The Bertz CT molecular complexity index is 650. The van der Waals surface area contributed by atoms with Gasteiger partial charge in [-0.2, -0.15) is 5.26 Å². The van der Waals surface area contributed by atoms with Crippen LogP contribution in [0.2, 0.25) is 0 Å². The van der Waals surface area contributed by atoms with E-state index in [4.69, 9.17) is 5.26 Å². The molecule has 2 aromatic rings. The van der Waals surface area contributed by atoms with Crippen LogP contribution in [0.15, 0.2) is 48.5 Å². The van der Waals surface area contributed by atoms with Crippen molar-refractivity contribution in [3.63, 3.8) is 0 Å². The highest BCUT2D eigenvalue weighted by Crippen LogP contribution is 2.22. The summed E-state index contributed by atoms with van der Waals surface area (Å²) in [6.45, 7) is 6.09. The minimum atomic E-state index is 0.765. The van der Waals surface area contributed by atoms with Gasteiger partial charge in [-0.1, -0.05) is 18.2 Å². The fourth-order valence-electron chi connectivity index (χ4n) is 2.83. The second kappa shape index (κ2) is 5.88. The molecule has 1 heterocycles. The highest BCUT2D eigenvalue weighted by molar-refractivity contribution is 5.55. The molecular formula is C18H19N3. The van der Waals surface area contributed by atoms with E-state index >= 15 is 0 Å². The lowest BCUT2D eigenvalue weighted by Gasteiger charge is -2.37. The molecule has 0 radical (unpaired) electrons. The quantitative estimate of drug-likeness (QED) is 0.844. The maximum absolute atomic E-state index is 9.01. The Labute approximate surface area is 126 Å². The third-order valence-electron chi connectivity index (χ3n) is 4.10. The molecule has 0 aromatic heterocycles. The minimum absolute atomic E-state index is 0.765. The van der Waals surface area contributed by atoms with Gasteiger partial charge in [-0.25, -0.2) is 0 Å². The molecule has 21 heavy (non-hydrogen) atoms. The summed E-state index contributed by atoms with van der Waals surface area (Å²) >= 11 is 0. The summed E-state index contributed by atoms with van der Waals surface area (Å²) in [7, 11) is 0. The second-order valence-electron chi connectivity index (χ2n) is 5.42. The third-order valence-corrected chi connectivity index (χ3v) is 4.10. The van der Waals surface area contributed by atoms with Gasteiger partial charge >= 0.3 is 0 Å². The highest BCUT2D eigenvalue weighted by Gasteiger charge is 2.17. The predicted molar refractivity (Wildman–Crippen MR) is 86.8 cm³/mol. The normalized spacial score (nSPS) is 14.9. The maximum Gasteiger partial charge on any atom is 0.0994 e. The molecule has 0 aliphatic carbocycles. The molecule has 0 N–H and O–H groups in total. The van der Waals surface area contributed by atoms with E-state index in [0.717, 1.165) is 37.3 Å². The van der Waals surface area contributed by atoms with E-state index in [1.807, 2.05) is 13.0 Å². The Balaban J connectivity index is 1.69. The lowest BCUT2D eigenvalue weighted by molar-refractivity contribution is 0.653. The van der Waals surface area contributed by atoms with Crippen LogP contribution in [0.5, 0.6) is 0 Å². The molecule has 3 nitrogen and oxygen atoms in total. The van der Waals surface area contributed by atoms with Crippen LogP contribution in [0.4, 0.5) is 11.4 Å². The van der Waals surface area contributed by atoms with E-state index in [9.17, 15) is 0 Å². The van der Waals surface area contributed by atoms with Crippen molar-refractivity contribution in [2.24, 2.45) is 0 Å². The van der Waals surface area contributed by atoms with Gasteiger partial charge in [-0.3, -0.25) is 0 Å². The molecule has 106 valence electrons. The number of nitriles is 1. The van der Waals surface area contributed by atoms with Crippen LogP contribution >= 0.6 is 0 Å². The number of anilines is 2. The summed E-state index contributed by atoms with van der Waals surface area (Å²) < 4.78 is 0. The van der Waals surface area contributed by atoms with Gasteiger partial charge < -0.3 is 9.80 Å². The SMILES string of the molecule is Cc1cc(N2CCN(c3ccccc3)CC2)ccc1C#N. The first-order valence-electron chi connectivity index (χ1n) is 7.33. The van der Waals surface area contributed by atoms with E-state index in [0.29, 0.717) is 0 Å². The average Bonchev–Trinajstić information content (AvgIpc) is 2.56. The average molecular weight is 277 g/mol. The Morgan fingerprint density at radius 2 is 1.48 bits per heavy atom. The van der Waals surface area contributed by atoms with Gasteiger partial charge in [-0.05, 0) is 42.8 Å². The molecule has 1 aliphatic heterocycles. The molecule has 3 heteroatoms. The van der Waals surface area contributed by atoms with Crippen LogP contribution in [-0.4, -0.2) is 26.2 Å². The second-order valence-corrected chi connectivity index (χ2v) is 5.42. The molecule has 1 saturated heterocycles. The lowest BCUT2D eigenvalue weighted by Crippen LogP contribution is -2.46. The molecule has 3 rings (SSSR count). The number of nitrogens with zero attached hydrogens (tertiary/aromatic N) is 3. The van der Waals surface area contributed by atoms with Crippen LogP contribution in [0.1, 0.15) is 11.1 Å². The molecule has 2 aromatic carbocycles. The Kier molecular flexibility index (Phi) is 3.79. The molecule has 1 aliphatic rings. The van der Waals surface area contributed by atoms with E-state index < -0.39 is 0 Å². The summed E-state index contributed by atoms with van der Waals surface area (Å²) in [6.07, 6.45) is 0. The minimum Gasteiger partial charge on any atom is -0.368 e. The predicted octanol–water partition coefficient (Wildman–Crippen LogP) is 3.19. The fraction of sp³-hybridized carbons (Fsp3) is 0.278. The van der Waals surface area contributed by atoms with Gasteiger partial charge in [0.15, 0.2) is 0 Å². The summed E-state index contributed by atoms with van der Waals surface area (Å²) in [5.41, 5.74) is 4.34. The van der Waals surface area contributed by atoms with Crippen molar-refractivity contribution >= 4 is 11.4 Å². The van der Waals surface area contributed by atoms with Crippen molar-refractivity contribution < 1.29 is 0 Å². The molecule has 0 unspecified atom stereocenters. The van der Waals surface area contributed by atoms with Crippen LogP contribution in [0.3, 0.4) is 0 Å². The number of para-hydroxylation sites is 1. The number of piperazine rings is 1. The standard InChI is InChI=1S/C18H19N3/c1-15-13-18(8-7-16(15)14-19)21-11-9-20(10-12-21)17-5-3-2-4-6-17/h2-8,13H,9-12H2,1H3. The largest absolute Gasteiger partial charge is 0.368 e. The summed E-state index contributed by atoms with van der Waals surface area (Å²) in [6, 6.07) is 18.9. The van der Waals surface area contributed by atoms with Gasteiger partial charge in [0.2, 0.25) is 0 Å². The fourth-order valence-corrected chi connectivity index (χ4v) is 2.83. The first-order chi connectivity index (χ1) is 10.3. The summed E-state index contributed by atoms with van der Waals surface area (Å²) in [4.78, 5) is 4.82. The van der Waals surface area contributed by atoms with Crippen molar-refractivity contribution in [1.29, 1.82) is 5.26 Å². The first-order valence-corrected chi connectivity index (χ1v) is 7.33. The molecule has 1 fully saturated rings. The third kappa shape index (κ3) is 2.85. The molecule has 0 spiro atoms. The zero-order chi connectivity index (χ0) is 14.7. The van der Waals surface area contributed by atoms with Crippen molar-refractivity contribution in [3.05, 3.63) is 59.7 Å². The van der Waals surface area contributed by atoms with E-state index in [1.54, 1.807) is 0 Å². The molecular weight excluding hydrogens is 258 g/mol. The first kappa shape index (κ1) is 13.5. The van der Waals surface area contributed by atoms with Crippen LogP contribution < -0.4 is 9.80 Å². The smallest absolute Gasteiger partial charge is 0.0994 e. The topological polar surface area (TPSA) is 30.3 Å². The van der Waals surface area contributed by atoms with E-state index in [-0.39, 0.29) is 0 Å². The Morgan fingerprint density at radius 1 is 0.857 bits per heavy atom. The van der Waals surface area contributed by atoms with Crippen molar-refractivity contribution in [2.75, 3.05) is 36.0 Å². The van der Waals surface area contributed by atoms with Gasteiger partial charge in [0, 0.05) is 37.6 Å². The van der Waals surface area contributed by atoms with Crippen LogP contribution in [0.25, 0.3) is 0 Å². The number of benzene rings is 2. The molecule has 0 atom stereocenters. The lowest BCUT2D eigenvalue weighted by atomic mass is 10.1. The molecule has 0 bridgehead atoms. The number of aryl methyl sites for hydroxylation is 1. The number of hydrogen-bond acceptors (Lipinski definition) is 3. The summed E-state index contributed by atoms with van der Waals surface area (Å²) in [5.74, 6) is 0. The van der Waals surface area contributed by atoms with E-state index in [1.165, 1.54) is 11.4 Å². The van der Waals surface area contributed by atoms with Gasteiger partial charge in [0.05, 0.1) is 11.6 Å². The number of rotatable bonds is 2. The summed E-state index contributed by atoms with van der Waals surface area (Å²) in [5, 5.41) is 9.01. The van der Waals surface area contributed by atoms with Crippen molar-refractivity contribution in [3.8, 4) is 6.07 Å². The molecule has 0 saturated carbocycles. The van der Waals surface area contributed by atoms with Gasteiger partial charge in [0.1, 0.15) is 0 Å². The van der Waals surface area contributed by atoms with Crippen molar-refractivity contribution in [1.82, 2.24) is 0 Å². The van der Waals surface area contributed by atoms with Gasteiger partial charge in [0.25, 0.3) is 0 Å². The Hall–Kier alpha value is -2.47. The zero-order valence-electron chi connectivity index (χ0n) is 12.3. The van der Waals surface area contributed by atoms with Crippen molar-refractivity contribution in [2.45, 2.75) is 6.92 Å². The van der Waals surface area contributed by atoms with Crippen LogP contribution in [-0.2, 0) is 0 Å². The van der Waals surface area contributed by atoms with E-state index in [2.05, 4.69) is 58.3 Å². The highest BCUT2D eigenvalue weighted by atomic mass is 15.3. The maximum atomic E-state index is 9.01. The Morgan fingerprint density at radius 3 is 2.05 bits per heavy atom. The zero-order valence-corrected chi connectivity index (χ0v) is 12.3. The monoisotopic (exact) mass is 277 g/mol. The van der Waals surface area contributed by atoms with Crippen LogP contribution in [0, 0.1) is 18.3 Å². The number of hydrogen-bond donors (Lipinski definition) is 0.